The number of aliphatic hydroxyl groups is 1. The Morgan fingerprint density at radius 1 is 0.972 bits per heavy atom. The smallest absolute Gasteiger partial charge is 0.300 e. The quantitative estimate of drug-likeness (QED) is 0.279. The third-order valence-corrected chi connectivity index (χ3v) is 6.08. The molecule has 2 N–H and O–H groups in total. The van der Waals surface area contributed by atoms with Crippen LogP contribution < -0.4 is 19.7 Å². The minimum Gasteiger partial charge on any atom is -0.507 e. The summed E-state index contributed by atoms with van der Waals surface area (Å²) in [4.78, 5) is 39.6. The molecule has 184 valence electrons. The number of anilines is 2. The average Bonchev–Trinajstić information content (AvgIpc) is 3.14. The number of nitrogens with one attached hydrogen (secondary N) is 1. The summed E-state index contributed by atoms with van der Waals surface area (Å²) in [7, 11) is 2.99. The number of rotatable bonds is 6. The number of carbonyl (C=O) groups is 3. The Hall–Kier alpha value is -4.30. The molecule has 1 fully saturated rings. The molecule has 1 heterocycles. The molecule has 2 amide bonds. The Kier molecular flexibility index (Phi) is 6.98. The number of hydrogen-bond acceptors (Lipinski definition) is 6. The highest BCUT2D eigenvalue weighted by atomic mass is 35.5. The van der Waals surface area contributed by atoms with Gasteiger partial charge in [0.2, 0.25) is 5.91 Å². The fraction of sp³-hybridized carbons (Fsp3) is 0.148. The van der Waals surface area contributed by atoms with E-state index in [1.807, 2.05) is 0 Å². The second kappa shape index (κ2) is 10.1. The van der Waals surface area contributed by atoms with Gasteiger partial charge in [-0.15, -0.1) is 0 Å². The van der Waals surface area contributed by atoms with Gasteiger partial charge < -0.3 is 19.9 Å². The van der Waals surface area contributed by atoms with Crippen LogP contribution in [0.2, 0.25) is 5.02 Å². The third kappa shape index (κ3) is 4.63. The van der Waals surface area contributed by atoms with E-state index in [0.717, 1.165) is 0 Å². The van der Waals surface area contributed by atoms with E-state index in [-0.39, 0.29) is 22.1 Å². The first-order valence-electron chi connectivity index (χ1n) is 10.9. The van der Waals surface area contributed by atoms with E-state index in [2.05, 4.69) is 5.32 Å². The van der Waals surface area contributed by atoms with Crippen LogP contribution >= 0.6 is 11.6 Å². The minimum atomic E-state index is -0.981. The number of nitrogens with zero attached hydrogens (tertiary/aromatic N) is 1. The fourth-order valence-electron chi connectivity index (χ4n) is 4.10. The van der Waals surface area contributed by atoms with Crippen LogP contribution in [0.15, 0.2) is 72.3 Å². The zero-order valence-corrected chi connectivity index (χ0v) is 20.5. The standard InChI is InChI=1S/C27H23ClN2O6/c1-15(31)29-17-5-4-6-18(13-17)30-24(16-7-9-19(35-2)10-8-16)23(26(33)27(30)34)25(32)21-14-20(36-3)11-12-22(21)28/h4-14,24,32H,1-3H3,(H,29,31)/b25-23+. The maximum atomic E-state index is 13.4. The summed E-state index contributed by atoms with van der Waals surface area (Å²) in [6, 6.07) is 17.0. The highest BCUT2D eigenvalue weighted by Gasteiger charge is 2.47. The van der Waals surface area contributed by atoms with Crippen LogP contribution in [0.5, 0.6) is 11.5 Å². The van der Waals surface area contributed by atoms with E-state index in [1.54, 1.807) is 54.6 Å². The number of ether oxygens (including phenoxy) is 2. The maximum Gasteiger partial charge on any atom is 0.300 e. The third-order valence-electron chi connectivity index (χ3n) is 5.75. The van der Waals surface area contributed by atoms with Gasteiger partial charge in [-0.2, -0.15) is 0 Å². The van der Waals surface area contributed by atoms with Crippen molar-refractivity contribution in [3.8, 4) is 11.5 Å². The normalized spacial score (nSPS) is 16.7. The molecule has 1 unspecified atom stereocenters. The molecule has 1 aliphatic heterocycles. The van der Waals surface area contributed by atoms with Crippen molar-refractivity contribution in [1.29, 1.82) is 0 Å². The van der Waals surface area contributed by atoms with Crippen molar-refractivity contribution in [2.75, 3.05) is 24.4 Å². The molecule has 8 nitrogen and oxygen atoms in total. The van der Waals surface area contributed by atoms with Gasteiger partial charge in [-0.05, 0) is 54.1 Å². The van der Waals surface area contributed by atoms with Crippen LogP contribution in [0.3, 0.4) is 0 Å². The first-order chi connectivity index (χ1) is 17.2. The molecule has 36 heavy (non-hydrogen) atoms. The molecule has 1 aliphatic rings. The Balaban J connectivity index is 1.94. The van der Waals surface area contributed by atoms with Gasteiger partial charge in [-0.1, -0.05) is 29.8 Å². The zero-order valence-electron chi connectivity index (χ0n) is 19.7. The lowest BCUT2D eigenvalue weighted by Crippen LogP contribution is -2.29. The van der Waals surface area contributed by atoms with E-state index in [1.165, 1.54) is 38.2 Å². The molecule has 0 saturated carbocycles. The van der Waals surface area contributed by atoms with Gasteiger partial charge in [0.1, 0.15) is 17.3 Å². The molecule has 1 saturated heterocycles. The van der Waals surface area contributed by atoms with E-state index in [0.29, 0.717) is 28.4 Å². The van der Waals surface area contributed by atoms with Crippen molar-refractivity contribution in [3.63, 3.8) is 0 Å². The average molecular weight is 507 g/mol. The molecular formula is C27H23ClN2O6. The lowest BCUT2D eigenvalue weighted by Gasteiger charge is -2.26. The highest BCUT2D eigenvalue weighted by molar-refractivity contribution is 6.52. The largest absolute Gasteiger partial charge is 0.507 e. The van der Waals surface area contributed by atoms with Crippen LogP contribution in [0.1, 0.15) is 24.1 Å². The molecule has 3 aromatic carbocycles. The summed E-state index contributed by atoms with van der Waals surface area (Å²) in [6.07, 6.45) is 0. The summed E-state index contributed by atoms with van der Waals surface area (Å²) in [5, 5.41) is 14.2. The predicted octanol–water partition coefficient (Wildman–Crippen LogP) is 4.94. The van der Waals surface area contributed by atoms with Crippen molar-refractivity contribution in [1.82, 2.24) is 0 Å². The van der Waals surface area contributed by atoms with Gasteiger partial charge in [-0.25, -0.2) is 0 Å². The number of amides is 2. The number of benzene rings is 3. The molecular weight excluding hydrogens is 484 g/mol. The Labute approximate surface area is 212 Å². The van der Waals surface area contributed by atoms with Gasteiger partial charge in [0.25, 0.3) is 11.7 Å². The van der Waals surface area contributed by atoms with Gasteiger partial charge in [0.15, 0.2) is 0 Å². The number of Topliss-reactive ketones (excluding diaryl/α,β-unsaturated/α-hetero) is 1. The summed E-state index contributed by atoms with van der Waals surface area (Å²) >= 11 is 6.35. The van der Waals surface area contributed by atoms with Gasteiger partial charge in [-0.3, -0.25) is 19.3 Å². The molecule has 0 aromatic heterocycles. The van der Waals surface area contributed by atoms with Crippen molar-refractivity contribution < 1.29 is 29.0 Å². The van der Waals surface area contributed by atoms with Gasteiger partial charge in [0, 0.05) is 23.9 Å². The molecule has 4 rings (SSSR count). The topological polar surface area (TPSA) is 105 Å². The number of hydrogen-bond donors (Lipinski definition) is 2. The van der Waals surface area contributed by atoms with Crippen molar-refractivity contribution in [3.05, 3.63) is 88.5 Å². The summed E-state index contributed by atoms with van der Waals surface area (Å²) < 4.78 is 10.5. The van der Waals surface area contributed by atoms with Crippen molar-refractivity contribution in [2.24, 2.45) is 0 Å². The summed E-state index contributed by atoms with van der Waals surface area (Å²) in [5.41, 5.74) is 1.39. The number of halogens is 1. The monoisotopic (exact) mass is 506 g/mol. The van der Waals surface area contributed by atoms with E-state index in [9.17, 15) is 19.5 Å². The second-order valence-electron chi connectivity index (χ2n) is 8.02. The SMILES string of the molecule is COc1ccc(C2/C(=C(\O)c3cc(OC)ccc3Cl)C(=O)C(=O)N2c2cccc(NC(C)=O)c2)cc1. The van der Waals surface area contributed by atoms with E-state index >= 15 is 0 Å². The fourth-order valence-corrected chi connectivity index (χ4v) is 4.30. The molecule has 0 spiro atoms. The number of carbonyl (C=O) groups excluding carboxylic acids is 3. The van der Waals surface area contributed by atoms with E-state index in [4.69, 9.17) is 21.1 Å². The molecule has 0 aliphatic carbocycles. The molecule has 9 heteroatoms. The Morgan fingerprint density at radius 3 is 2.28 bits per heavy atom. The first kappa shape index (κ1) is 24.8. The molecule has 3 aromatic rings. The lowest BCUT2D eigenvalue weighted by molar-refractivity contribution is -0.132. The van der Waals surface area contributed by atoms with E-state index < -0.39 is 23.5 Å². The summed E-state index contributed by atoms with van der Waals surface area (Å²) in [6.45, 7) is 1.37. The second-order valence-corrected chi connectivity index (χ2v) is 8.43. The van der Waals surface area contributed by atoms with Crippen LogP contribution in [0, 0.1) is 0 Å². The van der Waals surface area contributed by atoms with Crippen molar-refractivity contribution >= 4 is 46.3 Å². The minimum absolute atomic E-state index is 0.134. The lowest BCUT2D eigenvalue weighted by atomic mass is 9.95. The molecule has 1 atom stereocenters. The van der Waals surface area contributed by atoms with Crippen molar-refractivity contribution in [2.45, 2.75) is 13.0 Å². The van der Waals surface area contributed by atoms with Crippen LogP contribution in [0.4, 0.5) is 11.4 Å². The Morgan fingerprint density at radius 2 is 1.64 bits per heavy atom. The maximum absolute atomic E-state index is 13.4. The van der Waals surface area contributed by atoms with Crippen LogP contribution in [-0.2, 0) is 14.4 Å². The molecule has 0 bridgehead atoms. The van der Waals surface area contributed by atoms with Gasteiger partial charge in [0.05, 0.1) is 30.9 Å². The zero-order chi connectivity index (χ0) is 26.0. The predicted molar refractivity (Wildman–Crippen MR) is 137 cm³/mol. The number of ketones is 1. The number of methoxy groups -OCH3 is 2. The number of aliphatic hydroxyl groups excluding tert-OH is 1. The van der Waals surface area contributed by atoms with Crippen LogP contribution in [0.25, 0.3) is 5.76 Å². The van der Waals surface area contributed by atoms with Gasteiger partial charge >= 0.3 is 0 Å². The highest BCUT2D eigenvalue weighted by Crippen LogP contribution is 2.44. The summed E-state index contributed by atoms with van der Waals surface area (Å²) in [5.74, 6) is -1.43. The first-order valence-corrected chi connectivity index (χ1v) is 11.3. The molecule has 0 radical (unpaired) electrons. The van der Waals surface area contributed by atoms with Crippen LogP contribution in [-0.4, -0.2) is 36.9 Å². The Bertz CT molecular complexity index is 1380.